The summed E-state index contributed by atoms with van der Waals surface area (Å²) in [6.07, 6.45) is 6.26. The predicted octanol–water partition coefficient (Wildman–Crippen LogP) is 2.92. The van der Waals surface area contributed by atoms with Crippen LogP contribution in [0.5, 0.6) is 5.75 Å². The Kier molecular flexibility index (Phi) is 4.40. The summed E-state index contributed by atoms with van der Waals surface area (Å²) in [5.74, 6) is 0.578. The van der Waals surface area contributed by atoms with Crippen molar-refractivity contribution in [2.75, 3.05) is 6.61 Å². The molecular weight excluding hydrogens is 226 g/mol. The van der Waals surface area contributed by atoms with Crippen LogP contribution in [-0.4, -0.2) is 18.6 Å². The number of ether oxygens (including phenoxy) is 1. The SMILES string of the molecule is C=CCOc1ccccc1C(=O)NC1CCCC1. The first-order valence-corrected chi connectivity index (χ1v) is 6.45. The van der Waals surface area contributed by atoms with Gasteiger partial charge in [0, 0.05) is 6.04 Å². The van der Waals surface area contributed by atoms with Crippen LogP contribution in [0.15, 0.2) is 36.9 Å². The molecule has 96 valence electrons. The zero-order valence-electron chi connectivity index (χ0n) is 10.5. The maximum atomic E-state index is 12.2. The first kappa shape index (κ1) is 12.7. The Balaban J connectivity index is 2.05. The molecule has 1 aromatic carbocycles. The van der Waals surface area contributed by atoms with Gasteiger partial charge in [-0.25, -0.2) is 0 Å². The molecule has 1 aliphatic rings. The van der Waals surface area contributed by atoms with Crippen LogP contribution in [0, 0.1) is 0 Å². The Bertz CT molecular complexity index is 422. The van der Waals surface area contributed by atoms with Crippen molar-refractivity contribution in [2.45, 2.75) is 31.7 Å². The lowest BCUT2D eigenvalue weighted by atomic mass is 10.1. The average Bonchev–Trinajstić information content (AvgIpc) is 2.89. The van der Waals surface area contributed by atoms with Crippen LogP contribution in [0.3, 0.4) is 0 Å². The summed E-state index contributed by atoms with van der Waals surface area (Å²) < 4.78 is 5.49. The number of hydrogen-bond donors (Lipinski definition) is 1. The van der Waals surface area contributed by atoms with E-state index in [1.807, 2.05) is 18.2 Å². The van der Waals surface area contributed by atoms with Gasteiger partial charge < -0.3 is 10.1 Å². The van der Waals surface area contributed by atoms with Gasteiger partial charge >= 0.3 is 0 Å². The number of carbonyl (C=O) groups is 1. The van der Waals surface area contributed by atoms with Gasteiger partial charge in [-0.3, -0.25) is 4.79 Å². The van der Waals surface area contributed by atoms with Crippen molar-refractivity contribution in [3.05, 3.63) is 42.5 Å². The molecule has 1 amide bonds. The van der Waals surface area contributed by atoms with Crippen molar-refractivity contribution in [1.29, 1.82) is 0 Å². The lowest BCUT2D eigenvalue weighted by Gasteiger charge is -2.14. The third kappa shape index (κ3) is 3.13. The molecule has 0 bridgehead atoms. The van der Waals surface area contributed by atoms with Crippen molar-refractivity contribution in [2.24, 2.45) is 0 Å². The molecule has 1 saturated carbocycles. The van der Waals surface area contributed by atoms with E-state index >= 15 is 0 Å². The molecule has 0 spiro atoms. The molecule has 0 saturated heterocycles. The number of amides is 1. The third-order valence-corrected chi connectivity index (χ3v) is 3.18. The molecule has 0 unspecified atom stereocenters. The number of rotatable bonds is 5. The lowest BCUT2D eigenvalue weighted by Crippen LogP contribution is -2.32. The monoisotopic (exact) mass is 245 g/mol. The molecule has 0 aliphatic heterocycles. The van der Waals surface area contributed by atoms with E-state index < -0.39 is 0 Å². The molecule has 0 heterocycles. The minimum absolute atomic E-state index is 0.0402. The van der Waals surface area contributed by atoms with Crippen LogP contribution in [0.25, 0.3) is 0 Å². The van der Waals surface area contributed by atoms with E-state index in [0.29, 0.717) is 24.0 Å². The highest BCUT2D eigenvalue weighted by Crippen LogP contribution is 2.21. The van der Waals surface area contributed by atoms with Crippen LogP contribution in [0.4, 0.5) is 0 Å². The summed E-state index contributed by atoms with van der Waals surface area (Å²) in [5.41, 5.74) is 0.603. The highest BCUT2D eigenvalue weighted by atomic mass is 16.5. The van der Waals surface area contributed by atoms with Crippen molar-refractivity contribution in [3.8, 4) is 5.75 Å². The molecule has 18 heavy (non-hydrogen) atoms. The molecule has 0 atom stereocenters. The minimum atomic E-state index is -0.0402. The van der Waals surface area contributed by atoms with Crippen LogP contribution < -0.4 is 10.1 Å². The Morgan fingerprint density at radius 3 is 2.83 bits per heavy atom. The number of nitrogens with one attached hydrogen (secondary N) is 1. The van der Waals surface area contributed by atoms with Crippen molar-refractivity contribution >= 4 is 5.91 Å². The number of carbonyl (C=O) groups excluding carboxylic acids is 1. The maximum absolute atomic E-state index is 12.2. The second-order valence-electron chi connectivity index (χ2n) is 4.55. The quantitative estimate of drug-likeness (QED) is 0.810. The standard InChI is InChI=1S/C15H19NO2/c1-2-11-18-14-10-6-5-9-13(14)15(17)16-12-7-3-4-8-12/h2,5-6,9-10,12H,1,3-4,7-8,11H2,(H,16,17). The Hall–Kier alpha value is -1.77. The molecule has 0 radical (unpaired) electrons. The fourth-order valence-corrected chi connectivity index (χ4v) is 2.26. The summed E-state index contributed by atoms with van der Waals surface area (Å²) in [6.45, 7) is 4.02. The molecule has 0 aromatic heterocycles. The molecule has 1 N–H and O–H groups in total. The van der Waals surface area contributed by atoms with E-state index in [1.165, 1.54) is 12.8 Å². The van der Waals surface area contributed by atoms with E-state index in [0.717, 1.165) is 12.8 Å². The largest absolute Gasteiger partial charge is 0.489 e. The van der Waals surface area contributed by atoms with Crippen molar-refractivity contribution in [1.82, 2.24) is 5.32 Å². The predicted molar refractivity (Wildman–Crippen MR) is 71.9 cm³/mol. The van der Waals surface area contributed by atoms with Crippen LogP contribution in [-0.2, 0) is 0 Å². The normalized spacial score (nSPS) is 15.3. The fraction of sp³-hybridized carbons (Fsp3) is 0.400. The lowest BCUT2D eigenvalue weighted by molar-refractivity contribution is 0.0934. The smallest absolute Gasteiger partial charge is 0.255 e. The maximum Gasteiger partial charge on any atom is 0.255 e. The van der Waals surface area contributed by atoms with Gasteiger partial charge in [0.1, 0.15) is 12.4 Å². The van der Waals surface area contributed by atoms with Crippen LogP contribution >= 0.6 is 0 Å². The first-order valence-electron chi connectivity index (χ1n) is 6.45. The second-order valence-corrected chi connectivity index (χ2v) is 4.55. The Labute approximate surface area is 108 Å². The number of benzene rings is 1. The zero-order chi connectivity index (χ0) is 12.8. The fourth-order valence-electron chi connectivity index (χ4n) is 2.26. The van der Waals surface area contributed by atoms with Gasteiger partial charge in [0.2, 0.25) is 0 Å². The van der Waals surface area contributed by atoms with Gasteiger partial charge in [0.25, 0.3) is 5.91 Å². The van der Waals surface area contributed by atoms with E-state index in [1.54, 1.807) is 12.1 Å². The third-order valence-electron chi connectivity index (χ3n) is 3.18. The van der Waals surface area contributed by atoms with Crippen LogP contribution in [0.1, 0.15) is 36.0 Å². The topological polar surface area (TPSA) is 38.3 Å². The first-order chi connectivity index (χ1) is 8.81. The van der Waals surface area contributed by atoms with Gasteiger partial charge in [-0.15, -0.1) is 0 Å². The minimum Gasteiger partial charge on any atom is -0.489 e. The summed E-state index contributed by atoms with van der Waals surface area (Å²) >= 11 is 0. The zero-order valence-corrected chi connectivity index (χ0v) is 10.5. The summed E-state index contributed by atoms with van der Waals surface area (Å²) in [7, 11) is 0. The number of hydrogen-bond acceptors (Lipinski definition) is 2. The molecule has 1 aliphatic carbocycles. The highest BCUT2D eigenvalue weighted by molar-refractivity contribution is 5.97. The van der Waals surface area contributed by atoms with E-state index in [4.69, 9.17) is 4.74 Å². The molecule has 1 aromatic rings. The molecule has 3 nitrogen and oxygen atoms in total. The molecule has 2 rings (SSSR count). The molecule has 1 fully saturated rings. The van der Waals surface area contributed by atoms with Gasteiger partial charge in [0.05, 0.1) is 5.56 Å². The van der Waals surface area contributed by atoms with Crippen LogP contribution in [0.2, 0.25) is 0 Å². The summed E-state index contributed by atoms with van der Waals surface area (Å²) in [4.78, 5) is 12.2. The van der Waals surface area contributed by atoms with E-state index in [-0.39, 0.29) is 5.91 Å². The average molecular weight is 245 g/mol. The Morgan fingerprint density at radius 1 is 1.39 bits per heavy atom. The van der Waals surface area contributed by atoms with Gasteiger partial charge in [0.15, 0.2) is 0 Å². The van der Waals surface area contributed by atoms with E-state index in [9.17, 15) is 4.79 Å². The van der Waals surface area contributed by atoms with Gasteiger partial charge in [-0.05, 0) is 25.0 Å². The molecule has 3 heteroatoms. The molecular formula is C15H19NO2. The van der Waals surface area contributed by atoms with Gasteiger partial charge in [-0.2, -0.15) is 0 Å². The summed E-state index contributed by atoms with van der Waals surface area (Å²) in [6, 6.07) is 7.65. The Morgan fingerprint density at radius 2 is 2.11 bits per heavy atom. The van der Waals surface area contributed by atoms with Gasteiger partial charge in [-0.1, -0.05) is 37.6 Å². The highest BCUT2D eigenvalue weighted by Gasteiger charge is 2.19. The second kappa shape index (κ2) is 6.24. The van der Waals surface area contributed by atoms with E-state index in [2.05, 4.69) is 11.9 Å². The van der Waals surface area contributed by atoms with Crippen molar-refractivity contribution < 1.29 is 9.53 Å². The summed E-state index contributed by atoms with van der Waals surface area (Å²) in [5, 5.41) is 3.07. The number of para-hydroxylation sites is 1. The van der Waals surface area contributed by atoms with Crippen molar-refractivity contribution in [3.63, 3.8) is 0 Å².